The Bertz CT molecular complexity index is 607. The Hall–Kier alpha value is -1.89. The van der Waals surface area contributed by atoms with Crippen LogP contribution in [0.1, 0.15) is 52.4 Å². The first-order chi connectivity index (χ1) is 15.1. The number of hydrogen-bond donors (Lipinski definition) is 8. The van der Waals surface area contributed by atoms with Crippen molar-refractivity contribution < 1.29 is 24.3 Å². The van der Waals surface area contributed by atoms with Crippen LogP contribution in [-0.4, -0.2) is 71.8 Å². The Morgan fingerprint density at radius 3 is 1.81 bits per heavy atom. The monoisotopic (exact) mass is 476 g/mol. The van der Waals surface area contributed by atoms with Crippen LogP contribution in [0, 0.1) is 5.92 Å². The zero-order valence-electron chi connectivity index (χ0n) is 19.0. The van der Waals surface area contributed by atoms with Crippen molar-refractivity contribution in [2.75, 3.05) is 18.8 Å². The van der Waals surface area contributed by atoms with Crippen LogP contribution in [-0.2, 0) is 19.2 Å². The maximum absolute atomic E-state index is 12.9. The molecule has 0 fully saturated rings. The summed E-state index contributed by atoms with van der Waals surface area (Å²) in [4.78, 5) is 49.2. The molecule has 0 saturated heterocycles. The lowest BCUT2D eigenvalue weighted by Gasteiger charge is -2.27. The molecule has 10 N–H and O–H groups in total. The van der Waals surface area contributed by atoms with Gasteiger partial charge in [-0.3, -0.25) is 14.4 Å². The summed E-state index contributed by atoms with van der Waals surface area (Å²) in [5.41, 5.74) is 16.9. The number of amides is 3. The third kappa shape index (κ3) is 11.7. The first kappa shape index (κ1) is 30.1. The van der Waals surface area contributed by atoms with Crippen molar-refractivity contribution in [3.05, 3.63) is 0 Å². The van der Waals surface area contributed by atoms with E-state index in [-0.39, 0.29) is 18.1 Å². The summed E-state index contributed by atoms with van der Waals surface area (Å²) in [6.45, 7) is 4.45. The van der Waals surface area contributed by atoms with Crippen molar-refractivity contribution >= 4 is 36.3 Å². The quantitative estimate of drug-likeness (QED) is 0.0933. The molecule has 0 saturated carbocycles. The van der Waals surface area contributed by atoms with Crippen molar-refractivity contribution in [2.24, 2.45) is 23.1 Å². The first-order valence-electron chi connectivity index (χ1n) is 11.0. The maximum Gasteiger partial charge on any atom is 0.327 e. The number of nitrogens with two attached hydrogens (primary N) is 3. The van der Waals surface area contributed by atoms with Gasteiger partial charge < -0.3 is 38.3 Å². The summed E-state index contributed by atoms with van der Waals surface area (Å²) in [6.07, 6.45) is 3.35. The zero-order valence-corrected chi connectivity index (χ0v) is 19.9. The Balaban J connectivity index is 5.24. The predicted molar refractivity (Wildman–Crippen MR) is 126 cm³/mol. The topological polar surface area (TPSA) is 203 Å². The molecule has 3 amide bonds. The van der Waals surface area contributed by atoms with Crippen LogP contribution in [0.4, 0.5) is 0 Å². The summed E-state index contributed by atoms with van der Waals surface area (Å²) < 4.78 is 0. The van der Waals surface area contributed by atoms with Crippen LogP contribution < -0.4 is 33.2 Å². The van der Waals surface area contributed by atoms with Crippen molar-refractivity contribution in [1.82, 2.24) is 16.0 Å². The number of hydrogen-bond acceptors (Lipinski definition) is 8. The smallest absolute Gasteiger partial charge is 0.327 e. The first-order valence-corrected chi connectivity index (χ1v) is 11.6. The highest BCUT2D eigenvalue weighted by Crippen LogP contribution is 2.08. The summed E-state index contributed by atoms with van der Waals surface area (Å²) >= 11 is 3.93. The highest BCUT2D eigenvalue weighted by molar-refractivity contribution is 7.80. The van der Waals surface area contributed by atoms with Gasteiger partial charge in [-0.1, -0.05) is 20.3 Å². The van der Waals surface area contributed by atoms with Gasteiger partial charge in [-0.2, -0.15) is 12.6 Å². The normalized spacial score (nSPS) is 14.8. The van der Waals surface area contributed by atoms with Gasteiger partial charge in [0, 0.05) is 5.75 Å². The second-order valence-corrected chi connectivity index (χ2v) is 8.41. The predicted octanol–water partition coefficient (Wildman–Crippen LogP) is -1.30. The second-order valence-electron chi connectivity index (χ2n) is 8.05. The molecule has 186 valence electrons. The SMILES string of the molecule is CC(C)C(NC(=O)C(N)CCCCN)C(=O)NC(CCCCN)C(=O)NC(CS)C(=O)O. The van der Waals surface area contributed by atoms with Gasteiger partial charge in [0.05, 0.1) is 6.04 Å². The van der Waals surface area contributed by atoms with Crippen molar-refractivity contribution in [1.29, 1.82) is 0 Å². The number of carbonyl (C=O) groups excluding carboxylic acids is 3. The lowest BCUT2D eigenvalue weighted by Crippen LogP contribution is -2.58. The Kier molecular flexibility index (Phi) is 15.7. The molecule has 0 aromatic rings. The molecule has 11 nitrogen and oxygen atoms in total. The van der Waals surface area contributed by atoms with Crippen molar-refractivity contribution in [3.8, 4) is 0 Å². The van der Waals surface area contributed by atoms with Crippen LogP contribution in [0.15, 0.2) is 0 Å². The van der Waals surface area contributed by atoms with E-state index in [0.29, 0.717) is 38.8 Å². The van der Waals surface area contributed by atoms with E-state index >= 15 is 0 Å². The van der Waals surface area contributed by atoms with Gasteiger partial charge in [0.1, 0.15) is 18.1 Å². The molecule has 0 spiro atoms. The number of aliphatic carboxylic acids is 1. The average Bonchev–Trinajstić information content (AvgIpc) is 2.74. The number of rotatable bonds is 17. The Labute approximate surface area is 195 Å². The van der Waals surface area contributed by atoms with Gasteiger partial charge in [-0.15, -0.1) is 0 Å². The number of nitrogens with one attached hydrogen (secondary N) is 3. The van der Waals surface area contributed by atoms with Gasteiger partial charge >= 0.3 is 5.97 Å². The number of thiol groups is 1. The number of unbranched alkanes of at least 4 members (excludes halogenated alkanes) is 2. The van der Waals surface area contributed by atoms with E-state index in [0.717, 1.165) is 6.42 Å². The van der Waals surface area contributed by atoms with Gasteiger partial charge in [0.15, 0.2) is 0 Å². The van der Waals surface area contributed by atoms with Gasteiger partial charge in [0.2, 0.25) is 17.7 Å². The molecule has 12 heteroatoms. The standard InChI is InChI=1S/C20H40N6O5S/c1-12(2)16(26-17(27)13(23)7-3-5-9-21)19(29)24-14(8-4-6-10-22)18(28)25-15(11-32)20(30)31/h12-16,32H,3-11,21-23H2,1-2H3,(H,24,29)(H,25,28)(H,26,27)(H,30,31). The van der Waals surface area contributed by atoms with Crippen molar-refractivity contribution in [2.45, 2.75) is 76.5 Å². The number of carboxylic acid groups (broad SMARTS) is 1. The van der Waals surface area contributed by atoms with E-state index in [4.69, 9.17) is 22.3 Å². The Morgan fingerprint density at radius 1 is 0.812 bits per heavy atom. The van der Waals surface area contributed by atoms with E-state index in [1.807, 2.05) is 0 Å². The minimum atomic E-state index is -1.23. The van der Waals surface area contributed by atoms with Crippen LogP contribution in [0.2, 0.25) is 0 Å². The fraction of sp³-hybridized carbons (Fsp3) is 0.800. The molecule has 0 bridgehead atoms. The zero-order chi connectivity index (χ0) is 24.7. The lowest BCUT2D eigenvalue weighted by molar-refractivity contribution is -0.141. The molecular weight excluding hydrogens is 436 g/mol. The van der Waals surface area contributed by atoms with Gasteiger partial charge in [-0.25, -0.2) is 4.79 Å². The molecule has 0 rings (SSSR count). The molecule has 32 heavy (non-hydrogen) atoms. The fourth-order valence-electron chi connectivity index (χ4n) is 2.92. The molecule has 4 atom stereocenters. The number of carboxylic acids is 1. The third-order valence-electron chi connectivity index (χ3n) is 4.93. The van der Waals surface area contributed by atoms with E-state index < -0.39 is 47.9 Å². The number of carbonyl (C=O) groups is 4. The molecule has 4 unspecified atom stereocenters. The third-order valence-corrected chi connectivity index (χ3v) is 5.30. The van der Waals surface area contributed by atoms with Gasteiger partial charge in [0.25, 0.3) is 0 Å². The highest BCUT2D eigenvalue weighted by Gasteiger charge is 2.31. The lowest BCUT2D eigenvalue weighted by atomic mass is 10.0. The van der Waals surface area contributed by atoms with Crippen LogP contribution in [0.5, 0.6) is 0 Å². The second kappa shape index (κ2) is 16.7. The summed E-state index contributed by atoms with van der Waals surface area (Å²) in [5.74, 6) is -3.24. The minimum absolute atomic E-state index is 0.0999. The molecule has 0 aromatic carbocycles. The molecule has 0 radical (unpaired) electrons. The van der Waals surface area contributed by atoms with E-state index in [1.165, 1.54) is 0 Å². The Morgan fingerprint density at radius 2 is 1.34 bits per heavy atom. The largest absolute Gasteiger partial charge is 0.480 e. The average molecular weight is 477 g/mol. The van der Waals surface area contributed by atoms with E-state index in [2.05, 4.69) is 28.6 Å². The molecule has 0 aliphatic carbocycles. The molecule has 0 aromatic heterocycles. The highest BCUT2D eigenvalue weighted by atomic mass is 32.1. The summed E-state index contributed by atoms with van der Waals surface area (Å²) in [7, 11) is 0. The molecular formula is C20H40N6O5S. The fourth-order valence-corrected chi connectivity index (χ4v) is 3.16. The van der Waals surface area contributed by atoms with Gasteiger partial charge in [-0.05, 0) is 51.1 Å². The van der Waals surface area contributed by atoms with Crippen molar-refractivity contribution in [3.63, 3.8) is 0 Å². The maximum atomic E-state index is 12.9. The molecule has 0 heterocycles. The van der Waals surface area contributed by atoms with E-state index in [9.17, 15) is 19.2 Å². The molecule has 0 aliphatic rings. The van der Waals surface area contributed by atoms with Crippen LogP contribution in [0.3, 0.4) is 0 Å². The van der Waals surface area contributed by atoms with Crippen LogP contribution >= 0.6 is 12.6 Å². The minimum Gasteiger partial charge on any atom is -0.480 e. The summed E-state index contributed by atoms with van der Waals surface area (Å²) in [5, 5.41) is 16.8. The van der Waals surface area contributed by atoms with E-state index in [1.54, 1.807) is 13.8 Å². The molecule has 0 aliphatic heterocycles. The summed E-state index contributed by atoms with van der Waals surface area (Å²) in [6, 6.07) is -3.85. The van der Waals surface area contributed by atoms with Crippen LogP contribution in [0.25, 0.3) is 0 Å².